The summed E-state index contributed by atoms with van der Waals surface area (Å²) in [6.07, 6.45) is 0. The summed E-state index contributed by atoms with van der Waals surface area (Å²) in [5.74, 6) is -0.922. The highest BCUT2D eigenvalue weighted by Crippen LogP contribution is 2.31. The molecule has 0 radical (unpaired) electrons. The molecule has 1 aromatic carbocycles. The van der Waals surface area contributed by atoms with Gasteiger partial charge in [0.05, 0.1) is 19.8 Å². The molecule has 1 atom stereocenters. The predicted octanol–water partition coefficient (Wildman–Crippen LogP) is 1.93. The molecule has 6 nitrogen and oxygen atoms in total. The maximum absolute atomic E-state index is 12.3. The lowest BCUT2D eigenvalue weighted by molar-refractivity contribution is -0.142. The number of benzene rings is 1. The van der Waals surface area contributed by atoms with Crippen molar-refractivity contribution in [3.63, 3.8) is 0 Å². The number of hydrogen-bond donors (Lipinski definition) is 2. The van der Waals surface area contributed by atoms with Crippen LogP contribution >= 0.6 is 0 Å². The van der Waals surface area contributed by atoms with Crippen LogP contribution in [0.4, 0.5) is 0 Å². The molecule has 116 valence electrons. The number of aliphatic carboxylic acids is 1. The number of methoxy groups -OCH3 is 2. The molecule has 1 amide bonds. The van der Waals surface area contributed by atoms with E-state index in [0.717, 1.165) is 0 Å². The minimum Gasteiger partial charge on any atom is -0.493 e. The molecule has 0 unspecified atom stereocenters. The maximum Gasteiger partial charge on any atom is 0.326 e. The van der Waals surface area contributed by atoms with Gasteiger partial charge < -0.3 is 19.9 Å². The second-order valence-electron chi connectivity index (χ2n) is 5.65. The Morgan fingerprint density at radius 3 is 2.24 bits per heavy atom. The molecule has 1 rings (SSSR count). The Hall–Kier alpha value is -2.24. The van der Waals surface area contributed by atoms with Gasteiger partial charge in [0, 0.05) is 0 Å². The van der Waals surface area contributed by atoms with Crippen molar-refractivity contribution in [3.05, 3.63) is 23.8 Å². The second-order valence-corrected chi connectivity index (χ2v) is 5.65. The van der Waals surface area contributed by atoms with Crippen molar-refractivity contribution >= 4 is 11.9 Å². The van der Waals surface area contributed by atoms with E-state index in [2.05, 4.69) is 5.32 Å². The fourth-order valence-corrected chi connectivity index (χ4v) is 1.92. The standard InChI is InChI=1S/C15H21NO5/c1-15(2,3)12(14(18)19)16-13(17)9-7-6-8-10(20-4)11(9)21-5/h6-8,12H,1-5H3,(H,16,17)(H,18,19)/t12-/m0/s1. The molecule has 0 bridgehead atoms. The Morgan fingerprint density at radius 1 is 1.19 bits per heavy atom. The average molecular weight is 295 g/mol. The highest BCUT2D eigenvalue weighted by Gasteiger charge is 2.33. The molecule has 0 saturated heterocycles. The van der Waals surface area contributed by atoms with Crippen LogP contribution in [-0.2, 0) is 4.79 Å². The van der Waals surface area contributed by atoms with Gasteiger partial charge in [0.2, 0.25) is 0 Å². The number of carbonyl (C=O) groups is 2. The number of carbonyl (C=O) groups excluding carboxylic acids is 1. The van der Waals surface area contributed by atoms with Crippen molar-refractivity contribution < 1.29 is 24.2 Å². The van der Waals surface area contributed by atoms with Crippen LogP contribution in [0.2, 0.25) is 0 Å². The minimum absolute atomic E-state index is 0.229. The topological polar surface area (TPSA) is 84.9 Å². The lowest BCUT2D eigenvalue weighted by atomic mass is 9.86. The molecule has 0 heterocycles. The molecule has 0 aliphatic heterocycles. The number of nitrogens with one attached hydrogen (secondary N) is 1. The zero-order valence-corrected chi connectivity index (χ0v) is 12.9. The molecular formula is C15H21NO5. The lowest BCUT2D eigenvalue weighted by Gasteiger charge is -2.28. The molecule has 0 saturated carbocycles. The summed E-state index contributed by atoms with van der Waals surface area (Å²) in [6.45, 7) is 5.23. The van der Waals surface area contributed by atoms with Crippen LogP contribution in [0.3, 0.4) is 0 Å². The first-order chi connectivity index (χ1) is 9.72. The summed E-state index contributed by atoms with van der Waals surface area (Å²) in [7, 11) is 2.89. The van der Waals surface area contributed by atoms with Gasteiger partial charge in [-0.05, 0) is 17.5 Å². The largest absolute Gasteiger partial charge is 0.493 e. The summed E-state index contributed by atoms with van der Waals surface area (Å²) in [6, 6.07) is 3.84. The lowest BCUT2D eigenvalue weighted by Crippen LogP contribution is -2.49. The third-order valence-electron chi connectivity index (χ3n) is 3.04. The van der Waals surface area contributed by atoms with Crippen molar-refractivity contribution in [2.24, 2.45) is 5.41 Å². The second kappa shape index (κ2) is 6.47. The number of amides is 1. The van der Waals surface area contributed by atoms with E-state index in [9.17, 15) is 14.7 Å². The summed E-state index contributed by atoms with van der Waals surface area (Å²) in [5.41, 5.74) is -0.388. The van der Waals surface area contributed by atoms with Crippen molar-refractivity contribution in [2.75, 3.05) is 14.2 Å². The van der Waals surface area contributed by atoms with Crippen molar-refractivity contribution in [2.45, 2.75) is 26.8 Å². The van der Waals surface area contributed by atoms with E-state index in [-0.39, 0.29) is 11.3 Å². The van der Waals surface area contributed by atoms with Crippen LogP contribution in [0.1, 0.15) is 31.1 Å². The maximum atomic E-state index is 12.3. The first-order valence-corrected chi connectivity index (χ1v) is 6.47. The number of para-hydroxylation sites is 1. The van der Waals surface area contributed by atoms with Crippen molar-refractivity contribution in [1.82, 2.24) is 5.32 Å². The molecular weight excluding hydrogens is 274 g/mol. The van der Waals surface area contributed by atoms with E-state index in [0.29, 0.717) is 5.75 Å². The van der Waals surface area contributed by atoms with Crippen LogP contribution in [0.25, 0.3) is 0 Å². The average Bonchev–Trinajstić information content (AvgIpc) is 2.41. The molecule has 0 aliphatic rings. The number of carboxylic acids is 1. The quantitative estimate of drug-likeness (QED) is 0.867. The van der Waals surface area contributed by atoms with Crippen LogP contribution in [0, 0.1) is 5.41 Å². The highest BCUT2D eigenvalue weighted by atomic mass is 16.5. The van der Waals surface area contributed by atoms with Gasteiger partial charge in [-0.25, -0.2) is 4.79 Å². The molecule has 0 fully saturated rings. The van der Waals surface area contributed by atoms with E-state index in [1.807, 2.05) is 0 Å². The van der Waals surface area contributed by atoms with E-state index in [1.54, 1.807) is 39.0 Å². The van der Waals surface area contributed by atoms with E-state index >= 15 is 0 Å². The van der Waals surface area contributed by atoms with Crippen LogP contribution < -0.4 is 14.8 Å². The molecule has 2 N–H and O–H groups in total. The Labute approximate surface area is 124 Å². The summed E-state index contributed by atoms with van der Waals surface area (Å²) < 4.78 is 10.3. The zero-order valence-electron chi connectivity index (χ0n) is 12.9. The predicted molar refractivity (Wildman–Crippen MR) is 77.9 cm³/mol. The van der Waals surface area contributed by atoms with Gasteiger partial charge in [0.25, 0.3) is 5.91 Å². The minimum atomic E-state index is -1.09. The summed E-state index contributed by atoms with van der Waals surface area (Å²) >= 11 is 0. The molecule has 0 aromatic heterocycles. The van der Waals surface area contributed by atoms with Gasteiger partial charge in [0.15, 0.2) is 11.5 Å². The Kier molecular flexibility index (Phi) is 5.18. The normalized spacial score (nSPS) is 12.4. The van der Waals surface area contributed by atoms with E-state index < -0.39 is 23.3 Å². The van der Waals surface area contributed by atoms with Crippen molar-refractivity contribution in [3.8, 4) is 11.5 Å². The fourth-order valence-electron chi connectivity index (χ4n) is 1.92. The molecule has 6 heteroatoms. The van der Waals surface area contributed by atoms with E-state index in [1.165, 1.54) is 14.2 Å². The van der Waals surface area contributed by atoms with Crippen LogP contribution in [0.15, 0.2) is 18.2 Å². The summed E-state index contributed by atoms with van der Waals surface area (Å²) in [4.78, 5) is 23.7. The summed E-state index contributed by atoms with van der Waals surface area (Å²) in [5, 5.41) is 11.8. The van der Waals surface area contributed by atoms with Gasteiger partial charge in [-0.15, -0.1) is 0 Å². The number of ether oxygens (including phenoxy) is 2. The van der Waals surface area contributed by atoms with Gasteiger partial charge in [-0.1, -0.05) is 26.8 Å². The fraction of sp³-hybridized carbons (Fsp3) is 0.467. The van der Waals surface area contributed by atoms with Crippen LogP contribution in [0.5, 0.6) is 11.5 Å². The van der Waals surface area contributed by atoms with Crippen molar-refractivity contribution in [1.29, 1.82) is 0 Å². The third-order valence-corrected chi connectivity index (χ3v) is 3.04. The Balaban J connectivity index is 3.12. The first kappa shape index (κ1) is 16.8. The van der Waals surface area contributed by atoms with Crippen LogP contribution in [-0.4, -0.2) is 37.2 Å². The molecule has 21 heavy (non-hydrogen) atoms. The first-order valence-electron chi connectivity index (χ1n) is 6.47. The van der Waals surface area contributed by atoms with Gasteiger partial charge in [-0.3, -0.25) is 4.79 Å². The monoisotopic (exact) mass is 295 g/mol. The van der Waals surface area contributed by atoms with Gasteiger partial charge >= 0.3 is 5.97 Å². The Bertz CT molecular complexity index is 533. The van der Waals surface area contributed by atoms with E-state index in [4.69, 9.17) is 9.47 Å². The highest BCUT2D eigenvalue weighted by molar-refractivity contribution is 5.99. The SMILES string of the molecule is COc1cccc(C(=O)N[C@@H](C(=O)O)C(C)(C)C)c1OC. The number of carboxylic acid groups (broad SMARTS) is 1. The smallest absolute Gasteiger partial charge is 0.326 e. The number of rotatable bonds is 5. The zero-order chi connectivity index (χ0) is 16.2. The van der Waals surface area contributed by atoms with Gasteiger partial charge in [0.1, 0.15) is 6.04 Å². The Morgan fingerprint density at radius 2 is 1.81 bits per heavy atom. The molecule has 1 aromatic rings. The molecule has 0 aliphatic carbocycles. The van der Waals surface area contributed by atoms with Gasteiger partial charge in [-0.2, -0.15) is 0 Å². The third kappa shape index (κ3) is 3.87. The number of hydrogen-bond acceptors (Lipinski definition) is 4. The molecule has 0 spiro atoms.